The zero-order chi connectivity index (χ0) is 12.1. The highest BCUT2D eigenvalue weighted by Gasteiger charge is 2.11. The Labute approximate surface area is 98.3 Å². The van der Waals surface area contributed by atoms with Crippen molar-refractivity contribution in [3.8, 4) is 5.75 Å². The van der Waals surface area contributed by atoms with Gasteiger partial charge in [-0.05, 0) is 43.4 Å². The van der Waals surface area contributed by atoms with Crippen LogP contribution in [0.5, 0.6) is 5.75 Å². The zero-order valence-corrected chi connectivity index (χ0v) is 10.7. The average molecular weight is 222 g/mol. The number of hydrogen-bond acceptors (Lipinski definition) is 2. The van der Waals surface area contributed by atoms with Crippen molar-refractivity contribution in [3.63, 3.8) is 0 Å². The Balaban J connectivity index is 2.95. The Morgan fingerprint density at radius 3 is 2.00 bits per heavy atom. The fourth-order valence-electron chi connectivity index (χ4n) is 1.94. The first-order valence-corrected chi connectivity index (χ1v) is 6.00. The minimum Gasteiger partial charge on any atom is -0.490 e. The summed E-state index contributed by atoms with van der Waals surface area (Å²) in [7, 11) is 0. The summed E-state index contributed by atoms with van der Waals surface area (Å²) in [6.07, 6.45) is 2.34. The number of ether oxygens (including phenoxy) is 1. The van der Waals surface area contributed by atoms with Crippen LogP contribution in [-0.4, -0.2) is 11.2 Å². The van der Waals surface area contributed by atoms with E-state index in [1.807, 2.05) is 26.0 Å². The lowest BCUT2D eigenvalue weighted by molar-refractivity contribution is 0.190. The average Bonchev–Trinajstić information content (AvgIpc) is 2.28. The van der Waals surface area contributed by atoms with E-state index in [-0.39, 0.29) is 12.7 Å². The van der Waals surface area contributed by atoms with Crippen LogP contribution in [-0.2, 0) is 6.61 Å². The fraction of sp³-hybridized carbons (Fsp3) is 0.571. The maximum Gasteiger partial charge on any atom is 0.125 e. The minimum atomic E-state index is 0.0902. The molecule has 2 nitrogen and oxygen atoms in total. The van der Waals surface area contributed by atoms with Crippen molar-refractivity contribution in [2.45, 2.75) is 53.2 Å². The van der Waals surface area contributed by atoms with Crippen LogP contribution in [0.4, 0.5) is 0 Å². The number of aliphatic hydroxyl groups excluding tert-OH is 1. The van der Waals surface area contributed by atoms with Crippen molar-refractivity contribution < 1.29 is 9.84 Å². The summed E-state index contributed by atoms with van der Waals surface area (Å²) in [5.41, 5.74) is 3.17. The number of benzene rings is 1. The molecule has 2 heteroatoms. The van der Waals surface area contributed by atoms with E-state index in [4.69, 9.17) is 9.84 Å². The van der Waals surface area contributed by atoms with Gasteiger partial charge in [0.25, 0.3) is 0 Å². The van der Waals surface area contributed by atoms with Crippen LogP contribution in [0.25, 0.3) is 0 Å². The molecular weight excluding hydrogens is 200 g/mol. The van der Waals surface area contributed by atoms with Gasteiger partial charge in [-0.1, -0.05) is 26.0 Å². The zero-order valence-electron chi connectivity index (χ0n) is 10.7. The molecule has 0 heterocycles. The van der Waals surface area contributed by atoms with E-state index in [1.165, 1.54) is 0 Å². The van der Waals surface area contributed by atoms with E-state index in [1.54, 1.807) is 0 Å². The van der Waals surface area contributed by atoms with Gasteiger partial charge >= 0.3 is 0 Å². The van der Waals surface area contributed by atoms with Crippen molar-refractivity contribution in [1.29, 1.82) is 0 Å². The molecule has 1 aromatic carbocycles. The highest BCUT2D eigenvalue weighted by molar-refractivity contribution is 5.43. The van der Waals surface area contributed by atoms with Gasteiger partial charge in [0.05, 0.1) is 12.7 Å². The Kier molecular flexibility index (Phi) is 4.81. The van der Waals surface area contributed by atoms with Gasteiger partial charge in [-0.3, -0.25) is 0 Å². The van der Waals surface area contributed by atoms with Gasteiger partial charge < -0.3 is 9.84 Å². The Hall–Kier alpha value is -1.02. The largest absolute Gasteiger partial charge is 0.490 e. The highest BCUT2D eigenvalue weighted by atomic mass is 16.5. The molecule has 0 aromatic heterocycles. The second-order valence-corrected chi connectivity index (χ2v) is 4.27. The van der Waals surface area contributed by atoms with Crippen LogP contribution < -0.4 is 4.74 Å². The van der Waals surface area contributed by atoms with E-state index in [0.29, 0.717) is 0 Å². The van der Waals surface area contributed by atoms with Crippen molar-refractivity contribution in [3.05, 3.63) is 28.8 Å². The van der Waals surface area contributed by atoms with Crippen molar-refractivity contribution in [2.24, 2.45) is 0 Å². The lowest BCUT2D eigenvalue weighted by Crippen LogP contribution is -2.15. The summed E-state index contributed by atoms with van der Waals surface area (Å²) in [5.74, 6) is 0.978. The molecule has 1 N–H and O–H groups in total. The molecule has 0 bridgehead atoms. The van der Waals surface area contributed by atoms with Gasteiger partial charge in [0.2, 0.25) is 0 Å². The third kappa shape index (κ3) is 2.99. The van der Waals surface area contributed by atoms with Gasteiger partial charge in [0.15, 0.2) is 0 Å². The molecule has 1 aromatic rings. The van der Waals surface area contributed by atoms with Crippen LogP contribution in [0.3, 0.4) is 0 Å². The van der Waals surface area contributed by atoms with E-state index in [0.717, 1.165) is 35.3 Å². The smallest absolute Gasteiger partial charge is 0.125 e. The number of aryl methyl sites for hydroxylation is 2. The Bertz CT molecular complexity index is 318. The normalized spacial score (nSPS) is 10.9. The second-order valence-electron chi connectivity index (χ2n) is 4.27. The number of hydrogen-bond donors (Lipinski definition) is 1. The predicted octanol–water partition coefficient (Wildman–Crippen LogP) is 3.36. The maximum atomic E-state index is 9.11. The lowest BCUT2D eigenvalue weighted by Gasteiger charge is -2.20. The van der Waals surface area contributed by atoms with Gasteiger partial charge in [-0.15, -0.1) is 0 Å². The summed E-state index contributed by atoms with van der Waals surface area (Å²) in [6, 6.07) is 3.98. The summed E-state index contributed by atoms with van der Waals surface area (Å²) in [5, 5.41) is 9.11. The van der Waals surface area contributed by atoms with Crippen molar-refractivity contribution in [2.75, 3.05) is 0 Å². The SMILES string of the molecule is CCC(CC)Oc1c(C)cc(CO)cc1C. The van der Waals surface area contributed by atoms with Crippen molar-refractivity contribution in [1.82, 2.24) is 0 Å². The standard InChI is InChI=1S/C14H22O2/c1-5-13(6-2)16-14-10(3)7-12(9-15)8-11(14)4/h7-8,13,15H,5-6,9H2,1-4H3. The first-order chi connectivity index (χ1) is 7.62. The van der Waals surface area contributed by atoms with E-state index in [2.05, 4.69) is 13.8 Å². The third-order valence-corrected chi connectivity index (χ3v) is 2.90. The minimum absolute atomic E-state index is 0.0902. The molecule has 0 unspecified atom stereocenters. The molecule has 0 aliphatic carbocycles. The monoisotopic (exact) mass is 222 g/mol. The topological polar surface area (TPSA) is 29.5 Å². The maximum absolute atomic E-state index is 9.11. The first kappa shape index (κ1) is 13.0. The molecular formula is C14H22O2. The molecule has 0 spiro atoms. The quantitative estimate of drug-likeness (QED) is 0.827. The predicted molar refractivity (Wildman–Crippen MR) is 66.8 cm³/mol. The molecule has 0 aliphatic heterocycles. The number of rotatable bonds is 5. The lowest BCUT2D eigenvalue weighted by atomic mass is 10.1. The van der Waals surface area contributed by atoms with Gasteiger partial charge in [-0.2, -0.15) is 0 Å². The molecule has 0 fully saturated rings. The second kappa shape index (κ2) is 5.90. The third-order valence-electron chi connectivity index (χ3n) is 2.90. The summed E-state index contributed by atoms with van der Waals surface area (Å²) in [4.78, 5) is 0. The first-order valence-electron chi connectivity index (χ1n) is 6.00. The number of aliphatic hydroxyl groups is 1. The molecule has 0 atom stereocenters. The molecule has 90 valence electrons. The van der Waals surface area contributed by atoms with E-state index >= 15 is 0 Å². The van der Waals surface area contributed by atoms with E-state index < -0.39 is 0 Å². The molecule has 16 heavy (non-hydrogen) atoms. The highest BCUT2D eigenvalue weighted by Crippen LogP contribution is 2.26. The van der Waals surface area contributed by atoms with Gasteiger partial charge in [0.1, 0.15) is 5.75 Å². The van der Waals surface area contributed by atoms with Crippen LogP contribution >= 0.6 is 0 Å². The summed E-state index contributed by atoms with van der Waals surface area (Å²) >= 11 is 0. The van der Waals surface area contributed by atoms with Crippen LogP contribution in [0.1, 0.15) is 43.4 Å². The van der Waals surface area contributed by atoms with Crippen LogP contribution in [0.15, 0.2) is 12.1 Å². The van der Waals surface area contributed by atoms with Crippen LogP contribution in [0, 0.1) is 13.8 Å². The van der Waals surface area contributed by atoms with Crippen LogP contribution in [0.2, 0.25) is 0 Å². The van der Waals surface area contributed by atoms with Gasteiger partial charge in [0, 0.05) is 0 Å². The molecule has 0 saturated carbocycles. The molecule has 0 amide bonds. The Morgan fingerprint density at radius 1 is 1.12 bits per heavy atom. The van der Waals surface area contributed by atoms with E-state index in [9.17, 15) is 0 Å². The molecule has 0 saturated heterocycles. The molecule has 0 aliphatic rings. The summed E-state index contributed by atoms with van der Waals surface area (Å²) < 4.78 is 5.99. The Morgan fingerprint density at radius 2 is 1.62 bits per heavy atom. The molecule has 0 radical (unpaired) electrons. The summed E-state index contributed by atoms with van der Waals surface area (Å²) in [6.45, 7) is 8.43. The van der Waals surface area contributed by atoms with Crippen molar-refractivity contribution >= 4 is 0 Å². The fourth-order valence-corrected chi connectivity index (χ4v) is 1.94. The van der Waals surface area contributed by atoms with Gasteiger partial charge in [-0.25, -0.2) is 0 Å². The molecule has 1 rings (SSSR count).